The molecule has 1 N–H and O–H groups in total. The van der Waals surface area contributed by atoms with E-state index < -0.39 is 11.4 Å². The summed E-state index contributed by atoms with van der Waals surface area (Å²) < 4.78 is 16.5. The number of Topliss-reactive ketones (excluding diaryl/α,β-unsaturated/α-hetero) is 1. The van der Waals surface area contributed by atoms with Gasteiger partial charge in [0, 0.05) is 37.2 Å². The van der Waals surface area contributed by atoms with E-state index >= 15 is 0 Å². The van der Waals surface area contributed by atoms with E-state index in [2.05, 4.69) is 14.3 Å². The average Bonchev–Trinajstić information content (AvgIpc) is 3.32. The Labute approximate surface area is 198 Å². The maximum absolute atomic E-state index is 12.9. The first-order chi connectivity index (χ1) is 16.4. The van der Waals surface area contributed by atoms with E-state index in [4.69, 9.17) is 9.47 Å². The highest BCUT2D eigenvalue weighted by atomic mass is 32.1. The van der Waals surface area contributed by atoms with Crippen LogP contribution in [0.1, 0.15) is 28.8 Å². The van der Waals surface area contributed by atoms with Crippen LogP contribution in [0, 0.1) is 12.8 Å². The van der Waals surface area contributed by atoms with Gasteiger partial charge in [0.1, 0.15) is 23.5 Å². The molecule has 11 nitrogen and oxygen atoms in total. The van der Waals surface area contributed by atoms with Gasteiger partial charge in [0.15, 0.2) is 5.65 Å². The molecule has 1 unspecified atom stereocenters. The van der Waals surface area contributed by atoms with E-state index in [0.29, 0.717) is 67.9 Å². The number of aryl methyl sites for hydroxylation is 1. The van der Waals surface area contributed by atoms with Crippen molar-refractivity contribution in [3.05, 3.63) is 39.9 Å². The number of nitrogens with zero attached hydrogens (tertiary/aromatic N) is 5. The topological polar surface area (TPSA) is 137 Å². The van der Waals surface area contributed by atoms with Crippen LogP contribution in [0.3, 0.4) is 0 Å². The van der Waals surface area contributed by atoms with Gasteiger partial charge in [0.25, 0.3) is 0 Å². The lowest BCUT2D eigenvalue weighted by Gasteiger charge is -2.39. The Bertz CT molecular complexity index is 1300. The number of pyridine rings is 2. The molecule has 3 aromatic heterocycles. The highest BCUT2D eigenvalue weighted by Gasteiger charge is 2.34. The van der Waals surface area contributed by atoms with E-state index in [9.17, 15) is 19.5 Å². The van der Waals surface area contributed by atoms with Crippen LogP contribution in [-0.2, 0) is 14.3 Å². The maximum atomic E-state index is 12.9. The van der Waals surface area contributed by atoms with Crippen molar-refractivity contribution in [1.29, 1.82) is 0 Å². The number of carbonyl (C=O) groups is 2. The fourth-order valence-electron chi connectivity index (χ4n) is 4.29. The van der Waals surface area contributed by atoms with Gasteiger partial charge in [-0.1, -0.05) is 0 Å². The second kappa shape index (κ2) is 9.20. The Morgan fingerprint density at radius 2 is 2.12 bits per heavy atom. The number of carboxylic acids is 1. The van der Waals surface area contributed by atoms with Gasteiger partial charge in [0.2, 0.25) is 10.6 Å². The van der Waals surface area contributed by atoms with Crippen LogP contribution in [0.25, 0.3) is 16.2 Å². The van der Waals surface area contributed by atoms with Crippen molar-refractivity contribution < 1.29 is 24.2 Å². The number of carboxylic acid groups (broad SMARTS) is 1. The Hall–Kier alpha value is -3.22. The molecule has 3 aromatic rings. The summed E-state index contributed by atoms with van der Waals surface area (Å²) in [7, 11) is 0. The van der Waals surface area contributed by atoms with Gasteiger partial charge in [-0.15, -0.1) is 0 Å². The number of anilines is 1. The smallest absolute Gasteiger partial charge is 0.341 e. The van der Waals surface area contributed by atoms with Crippen molar-refractivity contribution in [1.82, 2.24) is 18.9 Å². The van der Waals surface area contributed by atoms with E-state index in [0.717, 1.165) is 11.5 Å². The predicted octanol–water partition coefficient (Wildman–Crippen LogP) is 1.44. The second-order valence-corrected chi connectivity index (χ2v) is 9.20. The third-order valence-electron chi connectivity index (χ3n) is 6.19. The van der Waals surface area contributed by atoms with Crippen molar-refractivity contribution in [2.75, 3.05) is 37.8 Å². The number of hydrogen-bond acceptors (Lipinski definition) is 10. The minimum atomic E-state index is -1.32. The molecule has 5 heterocycles. The Kier molecular flexibility index (Phi) is 6.11. The van der Waals surface area contributed by atoms with Crippen molar-refractivity contribution in [2.45, 2.75) is 25.9 Å². The Balaban J connectivity index is 1.38. The minimum absolute atomic E-state index is 0.0218. The molecule has 0 aliphatic carbocycles. The SMILES string of the molecule is Cc1cc(N2CC(C(=O)CCC3COCCO3)C2)nc2c1c(=O)c(C(=O)O)cn2-c1ncns1. The number of rotatable bonds is 7. The molecule has 2 aliphatic heterocycles. The number of aromatic carboxylic acids is 1. The number of ketones is 1. The summed E-state index contributed by atoms with van der Waals surface area (Å²) in [5, 5.41) is 10.1. The van der Waals surface area contributed by atoms with Crippen LogP contribution >= 0.6 is 11.5 Å². The van der Waals surface area contributed by atoms with Crippen molar-refractivity contribution in [3.8, 4) is 5.13 Å². The lowest BCUT2D eigenvalue weighted by molar-refractivity contribution is -0.126. The zero-order valence-electron chi connectivity index (χ0n) is 18.5. The first kappa shape index (κ1) is 22.6. The summed E-state index contributed by atoms with van der Waals surface area (Å²) in [4.78, 5) is 48.0. The molecule has 0 spiro atoms. The molecule has 2 fully saturated rings. The van der Waals surface area contributed by atoms with Gasteiger partial charge in [-0.2, -0.15) is 4.37 Å². The maximum Gasteiger partial charge on any atom is 0.341 e. The summed E-state index contributed by atoms with van der Waals surface area (Å²) >= 11 is 1.07. The number of fused-ring (bicyclic) bond motifs is 1. The number of ether oxygens (including phenoxy) is 2. The van der Waals surface area contributed by atoms with Crippen LogP contribution in [0.2, 0.25) is 0 Å². The molecule has 1 atom stereocenters. The third-order valence-corrected chi connectivity index (χ3v) is 6.85. The van der Waals surface area contributed by atoms with E-state index in [1.54, 1.807) is 13.0 Å². The van der Waals surface area contributed by atoms with Gasteiger partial charge >= 0.3 is 5.97 Å². The standard InChI is InChI=1S/C22H23N5O6S/c1-12-6-17(26-7-13(8-26)16(28)3-2-14-10-32-4-5-33-14)25-20-18(12)19(29)15(21(30)31)9-27(20)22-23-11-24-34-22/h6,9,11,13-14H,2-5,7-8,10H2,1H3,(H,30,31). The fourth-order valence-corrected chi connectivity index (χ4v) is 4.80. The van der Waals surface area contributed by atoms with Crippen molar-refractivity contribution in [3.63, 3.8) is 0 Å². The summed E-state index contributed by atoms with van der Waals surface area (Å²) in [6.45, 7) is 4.53. The van der Waals surface area contributed by atoms with Gasteiger partial charge in [-0.25, -0.2) is 14.8 Å². The van der Waals surface area contributed by atoms with Crippen molar-refractivity contribution >= 4 is 40.1 Å². The van der Waals surface area contributed by atoms with Crippen LogP contribution in [-0.4, -0.2) is 74.8 Å². The quantitative estimate of drug-likeness (QED) is 0.523. The van der Waals surface area contributed by atoms with Gasteiger partial charge in [0.05, 0.1) is 37.2 Å². The molecule has 34 heavy (non-hydrogen) atoms. The Morgan fingerprint density at radius 3 is 2.79 bits per heavy atom. The fraction of sp³-hybridized carbons (Fsp3) is 0.455. The first-order valence-corrected chi connectivity index (χ1v) is 11.7. The highest BCUT2D eigenvalue weighted by Crippen LogP contribution is 2.29. The summed E-state index contributed by atoms with van der Waals surface area (Å²) in [6, 6.07) is 1.76. The molecule has 0 radical (unpaired) electrons. The molecule has 2 aliphatic rings. The molecular weight excluding hydrogens is 462 g/mol. The van der Waals surface area contributed by atoms with Gasteiger partial charge in [-0.3, -0.25) is 14.2 Å². The molecule has 178 valence electrons. The molecule has 0 saturated carbocycles. The molecule has 0 aromatic carbocycles. The molecule has 5 rings (SSSR count). The first-order valence-electron chi connectivity index (χ1n) is 11.0. The molecule has 12 heteroatoms. The number of aromatic nitrogens is 4. The lowest BCUT2D eigenvalue weighted by atomic mass is 9.91. The van der Waals surface area contributed by atoms with Crippen molar-refractivity contribution in [2.24, 2.45) is 5.92 Å². The minimum Gasteiger partial charge on any atom is -0.477 e. The van der Waals surface area contributed by atoms with Crippen LogP contribution in [0.4, 0.5) is 5.82 Å². The summed E-state index contributed by atoms with van der Waals surface area (Å²) in [5.41, 5.74) is -0.0331. The largest absolute Gasteiger partial charge is 0.477 e. The van der Waals surface area contributed by atoms with Gasteiger partial charge in [-0.05, 0) is 25.0 Å². The normalized spacial score (nSPS) is 18.7. The summed E-state index contributed by atoms with van der Waals surface area (Å²) in [6.07, 6.45) is 3.68. The average molecular weight is 486 g/mol. The zero-order valence-corrected chi connectivity index (χ0v) is 19.3. The van der Waals surface area contributed by atoms with E-state index in [1.165, 1.54) is 17.1 Å². The van der Waals surface area contributed by atoms with Crippen LogP contribution < -0.4 is 10.3 Å². The third kappa shape index (κ3) is 4.19. The Morgan fingerprint density at radius 1 is 1.29 bits per heavy atom. The molecule has 2 saturated heterocycles. The van der Waals surface area contributed by atoms with Crippen LogP contribution in [0.5, 0.6) is 0 Å². The molecule has 0 amide bonds. The van der Waals surface area contributed by atoms with Crippen LogP contribution in [0.15, 0.2) is 23.4 Å². The lowest BCUT2D eigenvalue weighted by Crippen LogP contribution is -2.51. The predicted molar refractivity (Wildman–Crippen MR) is 123 cm³/mol. The van der Waals surface area contributed by atoms with E-state index in [1.807, 2.05) is 4.90 Å². The highest BCUT2D eigenvalue weighted by molar-refractivity contribution is 7.08. The monoisotopic (exact) mass is 485 g/mol. The number of hydrogen-bond donors (Lipinski definition) is 1. The summed E-state index contributed by atoms with van der Waals surface area (Å²) in [5.74, 6) is -0.580. The van der Waals surface area contributed by atoms with E-state index in [-0.39, 0.29) is 28.8 Å². The molecule has 0 bridgehead atoms. The van der Waals surface area contributed by atoms with Gasteiger partial charge < -0.3 is 19.5 Å². The molecular formula is C22H23N5O6S. The zero-order chi connectivity index (χ0) is 23.8. The second-order valence-electron chi connectivity index (χ2n) is 8.44. The number of carbonyl (C=O) groups excluding carboxylic acids is 1.